The first-order valence-electron chi connectivity index (χ1n) is 8.83. The van der Waals surface area contributed by atoms with E-state index in [0.717, 1.165) is 45.0 Å². The van der Waals surface area contributed by atoms with Crippen molar-refractivity contribution in [3.63, 3.8) is 0 Å². The molecule has 2 heterocycles. The second-order valence-electron chi connectivity index (χ2n) is 6.78. The first-order valence-corrected chi connectivity index (χ1v) is 8.83. The summed E-state index contributed by atoms with van der Waals surface area (Å²) in [5.74, 6) is 0. The standard InChI is InChI=1S/C21H24N2O.2ClH/c1-16-7-8-18-14-19(15-23-9-11-24-12-10-23)22-21(20(18)13-16)17-5-3-2-4-6-17;;/h2-8,13,19H,9-12,14-15H2,1H3;2*1H. The highest BCUT2D eigenvalue weighted by Crippen LogP contribution is 2.25. The zero-order valence-electron chi connectivity index (χ0n) is 15.1. The van der Waals surface area contributed by atoms with Gasteiger partial charge in [0.25, 0.3) is 0 Å². The fourth-order valence-electron chi connectivity index (χ4n) is 3.65. The van der Waals surface area contributed by atoms with Gasteiger partial charge in [-0.15, -0.1) is 24.8 Å². The molecule has 2 aromatic carbocycles. The topological polar surface area (TPSA) is 24.8 Å². The van der Waals surface area contributed by atoms with Crippen LogP contribution in [0.25, 0.3) is 0 Å². The monoisotopic (exact) mass is 392 g/mol. The van der Waals surface area contributed by atoms with Gasteiger partial charge in [0.2, 0.25) is 0 Å². The van der Waals surface area contributed by atoms with Crippen molar-refractivity contribution in [3.8, 4) is 0 Å². The number of hydrogen-bond donors (Lipinski definition) is 0. The lowest BCUT2D eigenvalue weighted by molar-refractivity contribution is 0.0354. The second kappa shape index (κ2) is 9.52. The van der Waals surface area contributed by atoms with Crippen LogP contribution in [0.15, 0.2) is 53.5 Å². The molecule has 3 nitrogen and oxygen atoms in total. The van der Waals surface area contributed by atoms with E-state index in [1.807, 2.05) is 0 Å². The van der Waals surface area contributed by atoms with Gasteiger partial charge in [0.05, 0.1) is 25.0 Å². The summed E-state index contributed by atoms with van der Waals surface area (Å²) in [7, 11) is 0. The van der Waals surface area contributed by atoms with Gasteiger partial charge in [0.15, 0.2) is 0 Å². The lowest BCUT2D eigenvalue weighted by Gasteiger charge is -2.31. The first-order chi connectivity index (χ1) is 11.8. The van der Waals surface area contributed by atoms with Crippen LogP contribution in [0.5, 0.6) is 0 Å². The quantitative estimate of drug-likeness (QED) is 0.790. The lowest BCUT2D eigenvalue weighted by Crippen LogP contribution is -2.42. The van der Waals surface area contributed by atoms with Crippen molar-refractivity contribution in [1.82, 2.24) is 4.90 Å². The minimum absolute atomic E-state index is 0. The van der Waals surface area contributed by atoms with Gasteiger partial charge in [-0.05, 0) is 25.0 Å². The Bertz CT molecular complexity index is 743. The Morgan fingerprint density at radius 3 is 2.50 bits per heavy atom. The van der Waals surface area contributed by atoms with Crippen LogP contribution in [-0.2, 0) is 11.2 Å². The number of morpholine rings is 1. The highest BCUT2D eigenvalue weighted by Gasteiger charge is 2.24. The maximum absolute atomic E-state index is 5.47. The zero-order valence-corrected chi connectivity index (χ0v) is 16.7. The molecule has 2 aromatic rings. The molecular formula is C21H26Cl2N2O. The fourth-order valence-corrected chi connectivity index (χ4v) is 3.65. The van der Waals surface area contributed by atoms with Crippen LogP contribution >= 0.6 is 24.8 Å². The van der Waals surface area contributed by atoms with Crippen molar-refractivity contribution < 1.29 is 4.74 Å². The average molecular weight is 393 g/mol. The van der Waals surface area contributed by atoms with Crippen LogP contribution in [0.1, 0.15) is 22.3 Å². The van der Waals surface area contributed by atoms with Gasteiger partial charge in [-0.25, -0.2) is 0 Å². The van der Waals surface area contributed by atoms with Gasteiger partial charge in [0, 0.05) is 30.8 Å². The molecule has 26 heavy (non-hydrogen) atoms. The van der Waals surface area contributed by atoms with Gasteiger partial charge < -0.3 is 4.74 Å². The van der Waals surface area contributed by atoms with Crippen molar-refractivity contribution in [2.45, 2.75) is 19.4 Å². The van der Waals surface area contributed by atoms with Crippen molar-refractivity contribution in [2.75, 3.05) is 32.8 Å². The largest absolute Gasteiger partial charge is 0.379 e. The summed E-state index contributed by atoms with van der Waals surface area (Å²) in [6.45, 7) is 6.91. The van der Waals surface area contributed by atoms with Gasteiger partial charge in [-0.2, -0.15) is 0 Å². The van der Waals surface area contributed by atoms with E-state index in [1.54, 1.807) is 0 Å². The van der Waals surface area contributed by atoms with Crippen molar-refractivity contribution in [3.05, 3.63) is 70.8 Å². The van der Waals surface area contributed by atoms with Gasteiger partial charge in [0.1, 0.15) is 0 Å². The van der Waals surface area contributed by atoms with Crippen molar-refractivity contribution in [2.24, 2.45) is 4.99 Å². The molecule has 1 unspecified atom stereocenters. The number of hydrogen-bond acceptors (Lipinski definition) is 3. The Morgan fingerprint density at radius 1 is 1.04 bits per heavy atom. The summed E-state index contributed by atoms with van der Waals surface area (Å²) >= 11 is 0. The van der Waals surface area contributed by atoms with Crippen LogP contribution in [-0.4, -0.2) is 49.5 Å². The molecule has 0 radical (unpaired) electrons. The summed E-state index contributed by atoms with van der Waals surface area (Å²) in [6.07, 6.45) is 1.03. The van der Waals surface area contributed by atoms with Crippen LogP contribution in [0.2, 0.25) is 0 Å². The Balaban J connectivity index is 0.00000121. The molecule has 2 aliphatic rings. The van der Waals surface area contributed by atoms with E-state index in [4.69, 9.17) is 9.73 Å². The summed E-state index contributed by atoms with van der Waals surface area (Å²) in [5.41, 5.74) is 6.39. The third kappa shape index (κ3) is 4.66. The summed E-state index contributed by atoms with van der Waals surface area (Å²) in [4.78, 5) is 7.65. The van der Waals surface area contributed by atoms with E-state index in [2.05, 4.69) is 60.4 Å². The summed E-state index contributed by atoms with van der Waals surface area (Å²) in [6, 6.07) is 17.7. The van der Waals surface area contributed by atoms with Crippen LogP contribution in [0.3, 0.4) is 0 Å². The van der Waals surface area contributed by atoms with E-state index in [0.29, 0.717) is 6.04 Å². The molecule has 0 spiro atoms. The minimum Gasteiger partial charge on any atom is -0.379 e. The molecule has 0 aromatic heterocycles. The average Bonchev–Trinajstić information content (AvgIpc) is 2.63. The maximum Gasteiger partial charge on any atom is 0.0725 e. The molecule has 1 atom stereocenters. The molecular weight excluding hydrogens is 367 g/mol. The number of benzene rings is 2. The van der Waals surface area contributed by atoms with Crippen LogP contribution in [0, 0.1) is 6.92 Å². The summed E-state index contributed by atoms with van der Waals surface area (Å²) < 4.78 is 5.47. The molecule has 0 N–H and O–H groups in total. The van der Waals surface area contributed by atoms with Gasteiger partial charge >= 0.3 is 0 Å². The summed E-state index contributed by atoms with van der Waals surface area (Å²) in [5, 5.41) is 0. The highest BCUT2D eigenvalue weighted by molar-refractivity contribution is 6.14. The Labute approximate surface area is 168 Å². The van der Waals surface area contributed by atoms with Crippen LogP contribution in [0.4, 0.5) is 0 Å². The fraction of sp³-hybridized carbons (Fsp3) is 0.381. The molecule has 5 heteroatoms. The molecule has 1 fully saturated rings. The molecule has 4 rings (SSSR count). The predicted molar refractivity (Wildman–Crippen MR) is 113 cm³/mol. The van der Waals surface area contributed by atoms with E-state index in [-0.39, 0.29) is 24.8 Å². The third-order valence-electron chi connectivity index (χ3n) is 4.91. The molecule has 140 valence electrons. The van der Waals surface area contributed by atoms with E-state index < -0.39 is 0 Å². The maximum atomic E-state index is 5.47. The van der Waals surface area contributed by atoms with E-state index in [1.165, 1.54) is 22.3 Å². The molecule has 0 bridgehead atoms. The highest BCUT2D eigenvalue weighted by atomic mass is 35.5. The normalized spacial score (nSPS) is 19.6. The molecule has 0 aliphatic carbocycles. The van der Waals surface area contributed by atoms with Crippen molar-refractivity contribution in [1.29, 1.82) is 0 Å². The van der Waals surface area contributed by atoms with E-state index in [9.17, 15) is 0 Å². The van der Waals surface area contributed by atoms with E-state index >= 15 is 0 Å². The lowest BCUT2D eigenvalue weighted by atomic mass is 9.89. The number of aliphatic imine (C=N–C) groups is 1. The number of fused-ring (bicyclic) bond motifs is 1. The Morgan fingerprint density at radius 2 is 1.77 bits per heavy atom. The molecule has 2 aliphatic heterocycles. The van der Waals surface area contributed by atoms with Crippen LogP contribution < -0.4 is 0 Å². The third-order valence-corrected chi connectivity index (χ3v) is 4.91. The van der Waals surface area contributed by atoms with Gasteiger partial charge in [-0.3, -0.25) is 9.89 Å². The smallest absolute Gasteiger partial charge is 0.0725 e. The van der Waals surface area contributed by atoms with Crippen molar-refractivity contribution >= 4 is 30.5 Å². The number of halogens is 2. The molecule has 0 amide bonds. The first kappa shape index (κ1) is 20.9. The second-order valence-corrected chi connectivity index (χ2v) is 6.78. The molecule has 1 saturated heterocycles. The number of nitrogens with zero attached hydrogens (tertiary/aromatic N) is 2. The zero-order chi connectivity index (χ0) is 16.4. The number of aryl methyl sites for hydroxylation is 1. The molecule has 0 saturated carbocycles. The Hall–Kier alpha value is -1.39. The predicted octanol–water partition coefficient (Wildman–Crippen LogP) is 3.93. The SMILES string of the molecule is Cc1ccc2c(c1)C(c1ccccc1)=NC(CN1CCOCC1)C2.Cl.Cl. The Kier molecular flexibility index (Phi) is 7.66. The van der Waals surface area contributed by atoms with Gasteiger partial charge in [-0.1, -0.05) is 48.0 Å². The number of ether oxygens (including phenoxy) is 1. The minimum atomic E-state index is 0. The number of rotatable bonds is 3.